The number of rotatable bonds is 4. The van der Waals surface area contributed by atoms with Gasteiger partial charge in [0.1, 0.15) is 0 Å². The Morgan fingerprint density at radius 1 is 0.404 bits per heavy atom. The first kappa shape index (κ1) is 27.3. The lowest BCUT2D eigenvalue weighted by atomic mass is 9.85. The van der Waals surface area contributed by atoms with E-state index in [-0.39, 0.29) is 5.41 Å². The van der Waals surface area contributed by atoms with Crippen molar-refractivity contribution in [3.8, 4) is 56.7 Å². The first-order valence-electron chi connectivity index (χ1n) is 15.9. The van der Waals surface area contributed by atoms with Crippen LogP contribution in [0.25, 0.3) is 78.2 Å². The average Bonchev–Trinajstić information content (AvgIpc) is 3.36. The summed E-state index contributed by atoms with van der Waals surface area (Å²) in [4.78, 5) is 25.6. The summed E-state index contributed by atoms with van der Waals surface area (Å²) in [6, 6.07) is 45.7. The summed E-state index contributed by atoms with van der Waals surface area (Å²) in [7, 11) is 0. The Bertz CT molecular complexity index is 2370. The predicted molar refractivity (Wildman–Crippen MR) is 190 cm³/mol. The molecule has 9 rings (SSSR count). The van der Waals surface area contributed by atoms with Gasteiger partial charge in [-0.25, -0.2) is 24.9 Å². The zero-order valence-corrected chi connectivity index (χ0v) is 26.0. The van der Waals surface area contributed by atoms with Crippen molar-refractivity contribution in [2.75, 3.05) is 0 Å². The van der Waals surface area contributed by atoms with E-state index >= 15 is 0 Å². The van der Waals surface area contributed by atoms with Crippen LogP contribution < -0.4 is 0 Å². The molecule has 2 heterocycles. The summed E-state index contributed by atoms with van der Waals surface area (Å²) in [5.74, 6) is 2.61. The first-order chi connectivity index (χ1) is 23.1. The molecule has 0 saturated carbocycles. The maximum atomic E-state index is 5.35. The van der Waals surface area contributed by atoms with Crippen molar-refractivity contribution in [2.45, 2.75) is 19.3 Å². The van der Waals surface area contributed by atoms with E-state index in [4.69, 9.17) is 24.9 Å². The minimum atomic E-state index is -0.234. The number of aromatic nitrogens is 5. The van der Waals surface area contributed by atoms with Gasteiger partial charge in [-0.3, -0.25) is 0 Å². The van der Waals surface area contributed by atoms with Crippen molar-refractivity contribution in [3.63, 3.8) is 0 Å². The van der Waals surface area contributed by atoms with E-state index in [1.807, 2.05) is 66.9 Å². The lowest BCUT2D eigenvalue weighted by Gasteiger charge is -2.21. The Hall–Kier alpha value is -6.07. The number of hydrogen-bond donors (Lipinski definition) is 0. The van der Waals surface area contributed by atoms with Gasteiger partial charge < -0.3 is 0 Å². The molecule has 0 saturated heterocycles. The quantitative estimate of drug-likeness (QED) is 0.187. The molecule has 0 spiro atoms. The Morgan fingerprint density at radius 3 is 1.40 bits per heavy atom. The normalized spacial score (nSPS) is 13.1. The molecule has 6 aromatic carbocycles. The molecule has 0 unspecified atom stereocenters. The molecule has 5 heteroatoms. The van der Waals surface area contributed by atoms with Crippen LogP contribution in [0, 0.1) is 0 Å². The molecule has 1 aliphatic carbocycles. The van der Waals surface area contributed by atoms with E-state index in [1.54, 1.807) is 0 Å². The molecule has 47 heavy (non-hydrogen) atoms. The molecular formula is C42H29N5. The van der Waals surface area contributed by atoms with E-state index in [1.165, 1.54) is 11.1 Å². The Balaban J connectivity index is 1.33. The summed E-state index contributed by atoms with van der Waals surface area (Å²) >= 11 is 0. The zero-order chi connectivity index (χ0) is 31.5. The first-order valence-corrected chi connectivity index (χ1v) is 15.9. The van der Waals surface area contributed by atoms with Crippen molar-refractivity contribution in [1.82, 2.24) is 24.9 Å². The highest BCUT2D eigenvalue weighted by atomic mass is 15.0. The van der Waals surface area contributed by atoms with Crippen LogP contribution >= 0.6 is 0 Å². The van der Waals surface area contributed by atoms with E-state index in [2.05, 4.69) is 86.6 Å². The minimum absolute atomic E-state index is 0.234. The standard InChI is InChI=1S/C42H29N5/c1-42(2)34-24-14-13-19-28(34)33-25-43-40(44-37(33)42)35-29-20-9-11-22-31(29)36(32-23-12-10-21-30(32)35)41-46-38(26-15-5-3-6-16-26)45-39(47-41)27-17-7-4-8-18-27/h3-25H,1-2H3. The van der Waals surface area contributed by atoms with Gasteiger partial charge in [0, 0.05) is 39.4 Å². The van der Waals surface area contributed by atoms with E-state index in [0.717, 1.165) is 55.1 Å². The average molecular weight is 604 g/mol. The number of benzene rings is 6. The smallest absolute Gasteiger partial charge is 0.165 e. The van der Waals surface area contributed by atoms with Crippen LogP contribution in [0.15, 0.2) is 140 Å². The lowest BCUT2D eigenvalue weighted by molar-refractivity contribution is 0.636. The Labute approximate surface area is 272 Å². The maximum Gasteiger partial charge on any atom is 0.165 e. The molecule has 2 aromatic heterocycles. The summed E-state index contributed by atoms with van der Waals surface area (Å²) in [6.07, 6.45) is 2.01. The summed E-state index contributed by atoms with van der Waals surface area (Å²) in [5, 5.41) is 4.18. The van der Waals surface area contributed by atoms with Crippen LogP contribution in [-0.2, 0) is 5.41 Å². The third-order valence-electron chi connectivity index (χ3n) is 9.35. The number of hydrogen-bond acceptors (Lipinski definition) is 5. The molecule has 0 fully saturated rings. The molecule has 5 nitrogen and oxygen atoms in total. The van der Waals surface area contributed by atoms with Crippen molar-refractivity contribution in [1.29, 1.82) is 0 Å². The fourth-order valence-corrected chi connectivity index (χ4v) is 7.10. The van der Waals surface area contributed by atoms with E-state index < -0.39 is 0 Å². The second-order valence-electron chi connectivity index (χ2n) is 12.5. The van der Waals surface area contributed by atoms with Gasteiger partial charge in [0.15, 0.2) is 23.3 Å². The second kappa shape index (κ2) is 10.5. The van der Waals surface area contributed by atoms with Crippen LogP contribution in [0.2, 0.25) is 0 Å². The van der Waals surface area contributed by atoms with Gasteiger partial charge in [0.2, 0.25) is 0 Å². The molecule has 8 aromatic rings. The van der Waals surface area contributed by atoms with Gasteiger partial charge in [-0.15, -0.1) is 0 Å². The highest BCUT2D eigenvalue weighted by Crippen LogP contribution is 2.49. The van der Waals surface area contributed by atoms with Crippen LogP contribution in [0.1, 0.15) is 25.1 Å². The van der Waals surface area contributed by atoms with Crippen LogP contribution in [-0.4, -0.2) is 24.9 Å². The van der Waals surface area contributed by atoms with Gasteiger partial charge in [-0.2, -0.15) is 0 Å². The highest BCUT2D eigenvalue weighted by Gasteiger charge is 2.37. The molecule has 0 atom stereocenters. The van der Waals surface area contributed by atoms with Crippen molar-refractivity contribution in [3.05, 3.63) is 151 Å². The minimum Gasteiger partial charge on any atom is -0.236 e. The predicted octanol–water partition coefficient (Wildman–Crippen LogP) is 9.94. The van der Waals surface area contributed by atoms with Crippen molar-refractivity contribution in [2.24, 2.45) is 0 Å². The van der Waals surface area contributed by atoms with Crippen LogP contribution in [0.4, 0.5) is 0 Å². The maximum absolute atomic E-state index is 5.35. The summed E-state index contributed by atoms with van der Waals surface area (Å²) in [5.41, 5.74) is 8.27. The number of fused-ring (bicyclic) bond motifs is 5. The topological polar surface area (TPSA) is 64.5 Å². The Kier molecular flexibility index (Phi) is 6.09. The lowest BCUT2D eigenvalue weighted by Crippen LogP contribution is -2.17. The van der Waals surface area contributed by atoms with Crippen LogP contribution in [0.5, 0.6) is 0 Å². The largest absolute Gasteiger partial charge is 0.236 e. The third kappa shape index (κ3) is 4.27. The summed E-state index contributed by atoms with van der Waals surface area (Å²) in [6.45, 7) is 4.51. The SMILES string of the molecule is CC1(C)c2ccccc2-c2cnc(-c3c4ccccc4c(-c4nc(-c5ccccc5)nc(-c5ccccc5)n4)c4ccccc34)nc21. The zero-order valence-electron chi connectivity index (χ0n) is 26.0. The van der Waals surface area contributed by atoms with Crippen molar-refractivity contribution >= 4 is 21.5 Å². The third-order valence-corrected chi connectivity index (χ3v) is 9.35. The van der Waals surface area contributed by atoms with E-state index in [0.29, 0.717) is 23.3 Å². The van der Waals surface area contributed by atoms with Crippen molar-refractivity contribution < 1.29 is 0 Å². The van der Waals surface area contributed by atoms with Gasteiger partial charge >= 0.3 is 0 Å². The summed E-state index contributed by atoms with van der Waals surface area (Å²) < 4.78 is 0. The van der Waals surface area contributed by atoms with E-state index in [9.17, 15) is 0 Å². The fourth-order valence-electron chi connectivity index (χ4n) is 7.10. The van der Waals surface area contributed by atoms with Gasteiger partial charge in [0.05, 0.1) is 5.69 Å². The van der Waals surface area contributed by atoms with Crippen LogP contribution in [0.3, 0.4) is 0 Å². The molecule has 0 aliphatic heterocycles. The molecule has 0 amide bonds. The molecule has 0 N–H and O–H groups in total. The second-order valence-corrected chi connectivity index (χ2v) is 12.5. The van der Waals surface area contributed by atoms with Gasteiger partial charge in [0.25, 0.3) is 0 Å². The number of nitrogens with zero attached hydrogens (tertiary/aromatic N) is 5. The Morgan fingerprint density at radius 2 is 0.851 bits per heavy atom. The monoisotopic (exact) mass is 603 g/mol. The highest BCUT2D eigenvalue weighted by molar-refractivity contribution is 6.20. The fraction of sp³-hybridized carbons (Fsp3) is 0.0714. The molecular weight excluding hydrogens is 574 g/mol. The molecule has 222 valence electrons. The molecule has 0 radical (unpaired) electrons. The molecule has 0 bridgehead atoms. The van der Waals surface area contributed by atoms with Gasteiger partial charge in [-0.1, -0.05) is 147 Å². The van der Waals surface area contributed by atoms with Gasteiger partial charge in [-0.05, 0) is 32.7 Å². The molecule has 1 aliphatic rings.